The zero-order valence-corrected chi connectivity index (χ0v) is 19.2. The van der Waals surface area contributed by atoms with Crippen LogP contribution in [0.15, 0.2) is 108 Å². The number of nitrogens with zero attached hydrogens (tertiary/aromatic N) is 2. The first-order valence-corrected chi connectivity index (χ1v) is 12.3. The molecule has 0 unspecified atom stereocenters. The first-order valence-electron chi connectivity index (χ1n) is 10.3. The summed E-state index contributed by atoms with van der Waals surface area (Å²) in [7, 11) is -3.53. The molecule has 4 rings (SSSR count). The van der Waals surface area contributed by atoms with Gasteiger partial charge in [0.2, 0.25) is 0 Å². The van der Waals surface area contributed by atoms with Gasteiger partial charge in [0.05, 0.1) is 22.9 Å². The third kappa shape index (κ3) is 5.66. The quantitative estimate of drug-likeness (QED) is 0.350. The van der Waals surface area contributed by atoms with Crippen molar-refractivity contribution in [2.45, 2.75) is 17.2 Å². The van der Waals surface area contributed by atoms with Crippen molar-refractivity contribution in [1.82, 2.24) is 4.98 Å². The number of amides is 1. The number of anilines is 1. The Bertz CT molecular complexity index is 1340. The molecule has 0 atom stereocenters. The second-order valence-corrected chi connectivity index (χ2v) is 9.89. The van der Waals surface area contributed by atoms with Crippen molar-refractivity contribution < 1.29 is 13.2 Å². The SMILES string of the molecule is O=C(c1cccc(CS(=O)(=O)c2ccccc2)c1)N(Cc1ccccn1)c1ccc(Cl)cc1. The summed E-state index contributed by atoms with van der Waals surface area (Å²) in [6.07, 6.45) is 1.68. The maximum absolute atomic E-state index is 13.5. The van der Waals surface area contributed by atoms with E-state index in [1.807, 2.05) is 18.2 Å². The fourth-order valence-corrected chi connectivity index (χ4v) is 4.92. The monoisotopic (exact) mass is 476 g/mol. The molecule has 0 fully saturated rings. The highest BCUT2D eigenvalue weighted by Crippen LogP contribution is 2.23. The van der Waals surface area contributed by atoms with Gasteiger partial charge in [-0.1, -0.05) is 48.0 Å². The highest BCUT2D eigenvalue weighted by molar-refractivity contribution is 7.90. The van der Waals surface area contributed by atoms with Crippen molar-refractivity contribution in [1.29, 1.82) is 0 Å². The summed E-state index contributed by atoms with van der Waals surface area (Å²) in [5.41, 5.74) is 2.32. The maximum atomic E-state index is 13.5. The molecule has 0 saturated carbocycles. The Hall–Kier alpha value is -3.48. The lowest BCUT2D eigenvalue weighted by Gasteiger charge is -2.23. The third-order valence-electron chi connectivity index (χ3n) is 5.06. The molecule has 0 aliphatic rings. The Morgan fingerprint density at radius 1 is 0.848 bits per heavy atom. The minimum atomic E-state index is -3.53. The molecule has 33 heavy (non-hydrogen) atoms. The second-order valence-electron chi connectivity index (χ2n) is 7.46. The molecular formula is C26H21ClN2O3S. The zero-order chi connectivity index (χ0) is 23.3. The standard InChI is InChI=1S/C26H21ClN2O3S/c27-22-12-14-24(15-13-22)29(18-23-9-4-5-16-28-23)26(30)21-8-6-7-20(17-21)19-33(31,32)25-10-2-1-3-11-25/h1-17H,18-19H2. The number of carbonyl (C=O) groups is 1. The van der Waals surface area contributed by atoms with Gasteiger partial charge < -0.3 is 4.90 Å². The lowest BCUT2D eigenvalue weighted by molar-refractivity contribution is 0.0984. The first-order chi connectivity index (χ1) is 15.9. The van der Waals surface area contributed by atoms with Crippen LogP contribution >= 0.6 is 11.6 Å². The second kappa shape index (κ2) is 9.98. The summed E-state index contributed by atoms with van der Waals surface area (Å²) in [6.45, 7) is 0.258. The molecule has 1 amide bonds. The van der Waals surface area contributed by atoms with Crippen LogP contribution in [0.4, 0.5) is 5.69 Å². The van der Waals surface area contributed by atoms with Gasteiger partial charge in [-0.2, -0.15) is 0 Å². The molecule has 0 aliphatic carbocycles. The van der Waals surface area contributed by atoms with Gasteiger partial charge in [0, 0.05) is 22.5 Å². The molecule has 0 spiro atoms. The minimum Gasteiger partial charge on any atom is -0.302 e. The number of benzene rings is 3. The fourth-order valence-electron chi connectivity index (χ4n) is 3.44. The van der Waals surface area contributed by atoms with Crippen LogP contribution in [-0.2, 0) is 22.1 Å². The number of hydrogen-bond donors (Lipinski definition) is 0. The van der Waals surface area contributed by atoms with E-state index in [1.54, 1.807) is 90.0 Å². The van der Waals surface area contributed by atoms with Crippen molar-refractivity contribution in [3.05, 3.63) is 125 Å². The van der Waals surface area contributed by atoms with E-state index in [0.29, 0.717) is 21.8 Å². The average Bonchev–Trinajstić information content (AvgIpc) is 2.84. The number of sulfone groups is 1. The van der Waals surface area contributed by atoms with Crippen LogP contribution < -0.4 is 4.90 Å². The van der Waals surface area contributed by atoms with E-state index >= 15 is 0 Å². The Morgan fingerprint density at radius 3 is 2.27 bits per heavy atom. The van der Waals surface area contributed by atoms with E-state index in [1.165, 1.54) is 0 Å². The molecule has 4 aromatic rings. The summed E-state index contributed by atoms with van der Waals surface area (Å²) in [5, 5.41) is 0.567. The van der Waals surface area contributed by atoms with Crippen LogP contribution in [0.25, 0.3) is 0 Å². The van der Waals surface area contributed by atoms with Gasteiger partial charge in [0.15, 0.2) is 9.84 Å². The van der Waals surface area contributed by atoms with E-state index in [4.69, 9.17) is 11.6 Å². The summed E-state index contributed by atoms with van der Waals surface area (Å²) in [4.78, 5) is 19.7. The molecule has 7 heteroatoms. The molecule has 0 bridgehead atoms. The highest BCUT2D eigenvalue weighted by Gasteiger charge is 2.21. The number of carbonyl (C=O) groups excluding carboxylic acids is 1. The van der Waals surface area contributed by atoms with E-state index in [0.717, 1.165) is 5.69 Å². The molecule has 0 N–H and O–H groups in total. The highest BCUT2D eigenvalue weighted by atomic mass is 35.5. The van der Waals surface area contributed by atoms with E-state index < -0.39 is 9.84 Å². The van der Waals surface area contributed by atoms with Crippen LogP contribution in [0, 0.1) is 0 Å². The largest absolute Gasteiger partial charge is 0.302 e. The number of hydrogen-bond acceptors (Lipinski definition) is 4. The molecule has 0 aliphatic heterocycles. The van der Waals surface area contributed by atoms with Crippen molar-refractivity contribution >= 4 is 33.0 Å². The van der Waals surface area contributed by atoms with Crippen molar-refractivity contribution in [3.63, 3.8) is 0 Å². The van der Waals surface area contributed by atoms with Gasteiger partial charge in [0.1, 0.15) is 0 Å². The summed E-state index contributed by atoms with van der Waals surface area (Å²) in [5.74, 6) is -0.457. The predicted octanol–water partition coefficient (Wildman–Crippen LogP) is 5.56. The molecule has 1 heterocycles. The Labute approximate surface area is 198 Å². The molecule has 1 aromatic heterocycles. The summed E-state index contributed by atoms with van der Waals surface area (Å²) < 4.78 is 25.6. The molecule has 5 nitrogen and oxygen atoms in total. The lowest BCUT2D eigenvalue weighted by atomic mass is 10.1. The lowest BCUT2D eigenvalue weighted by Crippen LogP contribution is -2.30. The van der Waals surface area contributed by atoms with Gasteiger partial charge in [-0.05, 0) is 66.2 Å². The third-order valence-corrected chi connectivity index (χ3v) is 7.02. The van der Waals surface area contributed by atoms with Crippen LogP contribution in [0.3, 0.4) is 0 Å². The van der Waals surface area contributed by atoms with Crippen LogP contribution in [0.5, 0.6) is 0 Å². The van der Waals surface area contributed by atoms with E-state index in [2.05, 4.69) is 4.98 Å². The molecule has 0 radical (unpaired) electrons. The van der Waals surface area contributed by atoms with Crippen LogP contribution in [0.1, 0.15) is 21.6 Å². The number of aromatic nitrogens is 1. The molecule has 0 saturated heterocycles. The normalized spacial score (nSPS) is 11.2. The van der Waals surface area contributed by atoms with Crippen molar-refractivity contribution in [3.8, 4) is 0 Å². The van der Waals surface area contributed by atoms with Gasteiger partial charge in [-0.3, -0.25) is 9.78 Å². The van der Waals surface area contributed by atoms with Gasteiger partial charge in [-0.15, -0.1) is 0 Å². The maximum Gasteiger partial charge on any atom is 0.258 e. The average molecular weight is 477 g/mol. The Morgan fingerprint density at radius 2 is 1.58 bits per heavy atom. The fraction of sp³-hybridized carbons (Fsp3) is 0.0769. The molecular weight excluding hydrogens is 456 g/mol. The zero-order valence-electron chi connectivity index (χ0n) is 17.6. The van der Waals surface area contributed by atoms with Gasteiger partial charge in [-0.25, -0.2) is 8.42 Å². The van der Waals surface area contributed by atoms with Crippen molar-refractivity contribution in [2.75, 3.05) is 4.90 Å². The predicted molar refractivity (Wildman–Crippen MR) is 130 cm³/mol. The van der Waals surface area contributed by atoms with Gasteiger partial charge in [0.25, 0.3) is 5.91 Å². The first kappa shape index (κ1) is 22.7. The Kier molecular flexibility index (Phi) is 6.87. The number of rotatable bonds is 7. The Balaban J connectivity index is 1.64. The van der Waals surface area contributed by atoms with Crippen molar-refractivity contribution in [2.24, 2.45) is 0 Å². The number of pyridine rings is 1. The minimum absolute atomic E-state index is 0.195. The van der Waals surface area contributed by atoms with E-state index in [-0.39, 0.29) is 23.1 Å². The smallest absolute Gasteiger partial charge is 0.258 e. The molecule has 3 aromatic carbocycles. The van der Waals surface area contributed by atoms with Crippen LogP contribution in [-0.4, -0.2) is 19.3 Å². The van der Waals surface area contributed by atoms with Gasteiger partial charge >= 0.3 is 0 Å². The summed E-state index contributed by atoms with van der Waals surface area (Å²) in [6, 6.07) is 27.5. The molecule has 166 valence electrons. The van der Waals surface area contributed by atoms with Crippen LogP contribution in [0.2, 0.25) is 5.02 Å². The summed E-state index contributed by atoms with van der Waals surface area (Å²) >= 11 is 6.03. The van der Waals surface area contributed by atoms with E-state index in [9.17, 15) is 13.2 Å². The number of halogens is 1. The topological polar surface area (TPSA) is 67.3 Å².